The zero-order chi connectivity index (χ0) is 14.0. The number of benzene rings is 1. The highest BCUT2D eigenvalue weighted by molar-refractivity contribution is 9.10. The zero-order valence-corrected chi connectivity index (χ0v) is 12.6. The summed E-state index contributed by atoms with van der Waals surface area (Å²) >= 11 is 9.10. The van der Waals surface area contributed by atoms with E-state index in [1.165, 1.54) is 30.6 Å². The van der Waals surface area contributed by atoms with E-state index in [1.54, 1.807) is 6.07 Å². The topological polar surface area (TPSA) is 85.1 Å². The Bertz CT molecular complexity index is 701. The van der Waals surface area contributed by atoms with Crippen LogP contribution in [0.2, 0.25) is 5.02 Å². The van der Waals surface area contributed by atoms with Gasteiger partial charge < -0.3 is 5.73 Å². The van der Waals surface area contributed by atoms with Crippen molar-refractivity contribution in [2.75, 3.05) is 10.5 Å². The van der Waals surface area contributed by atoms with Crippen LogP contribution in [0, 0.1) is 0 Å². The van der Waals surface area contributed by atoms with Crippen LogP contribution >= 0.6 is 27.5 Å². The smallest absolute Gasteiger partial charge is 0.265 e. The molecule has 0 spiro atoms. The van der Waals surface area contributed by atoms with Crippen LogP contribution in [0.5, 0.6) is 0 Å². The maximum atomic E-state index is 12.3. The molecule has 3 N–H and O–H groups in total. The molecule has 0 radical (unpaired) electrons. The van der Waals surface area contributed by atoms with Gasteiger partial charge in [-0.2, -0.15) is 0 Å². The molecule has 0 saturated carbocycles. The molecule has 19 heavy (non-hydrogen) atoms. The van der Waals surface area contributed by atoms with E-state index in [9.17, 15) is 8.42 Å². The fraction of sp³-hybridized carbons (Fsp3) is 0. The Morgan fingerprint density at radius 3 is 2.68 bits per heavy atom. The first-order valence-corrected chi connectivity index (χ1v) is 7.73. The molecule has 0 aliphatic carbocycles. The highest BCUT2D eigenvalue weighted by Gasteiger charge is 2.21. The summed E-state index contributed by atoms with van der Waals surface area (Å²) < 4.78 is 27.5. The Labute approximate surface area is 124 Å². The Balaban J connectivity index is 2.47. The number of pyridine rings is 1. The first-order chi connectivity index (χ1) is 8.92. The number of hydrogen-bond acceptors (Lipinski definition) is 4. The molecule has 0 saturated heterocycles. The third kappa shape index (κ3) is 2.99. The molecule has 1 heterocycles. The molecule has 8 heteroatoms. The van der Waals surface area contributed by atoms with Gasteiger partial charge in [-0.1, -0.05) is 17.7 Å². The van der Waals surface area contributed by atoms with Gasteiger partial charge in [0.2, 0.25) is 0 Å². The molecular weight excluding hydrogens is 354 g/mol. The second kappa shape index (κ2) is 5.36. The van der Waals surface area contributed by atoms with Crippen molar-refractivity contribution in [2.24, 2.45) is 0 Å². The number of rotatable bonds is 3. The molecule has 1 aromatic heterocycles. The third-order valence-electron chi connectivity index (χ3n) is 2.28. The van der Waals surface area contributed by atoms with Crippen molar-refractivity contribution >= 4 is 48.9 Å². The lowest BCUT2D eigenvalue weighted by atomic mass is 10.3. The fourth-order valence-electron chi connectivity index (χ4n) is 1.46. The average Bonchev–Trinajstić information content (AvgIpc) is 2.31. The summed E-state index contributed by atoms with van der Waals surface area (Å²) in [5.74, 6) is 0. The number of nitrogen functional groups attached to an aromatic ring is 1. The lowest BCUT2D eigenvalue weighted by Gasteiger charge is -2.12. The maximum absolute atomic E-state index is 12.3. The van der Waals surface area contributed by atoms with Crippen LogP contribution in [-0.2, 0) is 10.0 Å². The lowest BCUT2D eigenvalue weighted by molar-refractivity contribution is 0.601. The van der Waals surface area contributed by atoms with Gasteiger partial charge in [-0.05, 0) is 34.1 Å². The number of halogens is 2. The van der Waals surface area contributed by atoms with E-state index in [2.05, 4.69) is 25.6 Å². The molecule has 1 aromatic carbocycles. The van der Waals surface area contributed by atoms with Gasteiger partial charge in [-0.25, -0.2) is 8.42 Å². The second-order valence-electron chi connectivity index (χ2n) is 3.62. The molecular formula is C11H9BrClN3O2S. The molecule has 2 rings (SSSR count). The quantitative estimate of drug-likeness (QED) is 0.822. The van der Waals surface area contributed by atoms with E-state index in [0.29, 0.717) is 10.2 Å². The fourth-order valence-corrected chi connectivity index (χ4v) is 3.70. The first-order valence-electron chi connectivity index (χ1n) is 5.08. The SMILES string of the molecule is Nc1cccc(Cl)c1S(=O)(=O)Nc1ccncc1Br. The predicted octanol–water partition coefficient (Wildman–Crippen LogP) is 2.88. The predicted molar refractivity (Wildman–Crippen MR) is 78.6 cm³/mol. The summed E-state index contributed by atoms with van der Waals surface area (Å²) in [5, 5.41) is 0.0673. The number of anilines is 2. The molecule has 0 amide bonds. The van der Waals surface area contributed by atoms with E-state index >= 15 is 0 Å². The van der Waals surface area contributed by atoms with Crippen molar-refractivity contribution in [3.05, 3.63) is 46.2 Å². The number of hydrogen-bond donors (Lipinski definition) is 2. The Morgan fingerprint density at radius 1 is 1.32 bits per heavy atom. The highest BCUT2D eigenvalue weighted by Crippen LogP contribution is 2.30. The van der Waals surface area contributed by atoms with E-state index < -0.39 is 10.0 Å². The summed E-state index contributed by atoms with van der Waals surface area (Å²) in [6.07, 6.45) is 2.95. The number of aromatic nitrogens is 1. The van der Waals surface area contributed by atoms with Crippen LogP contribution in [0.25, 0.3) is 0 Å². The first kappa shape index (κ1) is 14.1. The minimum absolute atomic E-state index is 0.0673. The van der Waals surface area contributed by atoms with Crippen LogP contribution in [0.1, 0.15) is 0 Å². The Kier molecular flexibility index (Phi) is 3.98. The summed E-state index contributed by atoms with van der Waals surface area (Å²) in [5.41, 5.74) is 6.12. The largest absolute Gasteiger partial charge is 0.398 e. The van der Waals surface area contributed by atoms with E-state index in [1.807, 2.05) is 0 Å². The van der Waals surface area contributed by atoms with Crippen LogP contribution in [0.4, 0.5) is 11.4 Å². The summed E-state index contributed by atoms with van der Waals surface area (Å²) in [4.78, 5) is 3.71. The van der Waals surface area contributed by atoms with Gasteiger partial charge >= 0.3 is 0 Å². The van der Waals surface area contributed by atoms with Crippen molar-refractivity contribution < 1.29 is 8.42 Å². The standard InChI is InChI=1S/C11H9BrClN3O2S/c12-7-6-15-5-4-10(7)16-19(17,18)11-8(13)2-1-3-9(11)14/h1-6H,14H2,(H,15,16). The normalized spacial score (nSPS) is 11.3. The van der Waals surface area contributed by atoms with Crippen molar-refractivity contribution in [1.82, 2.24) is 4.98 Å². The van der Waals surface area contributed by atoms with Crippen LogP contribution in [0.15, 0.2) is 46.0 Å². The van der Waals surface area contributed by atoms with Crippen molar-refractivity contribution in [3.8, 4) is 0 Å². The van der Waals surface area contributed by atoms with Crippen molar-refractivity contribution in [1.29, 1.82) is 0 Å². The van der Waals surface area contributed by atoms with E-state index in [4.69, 9.17) is 17.3 Å². The monoisotopic (exact) mass is 361 g/mol. The zero-order valence-electron chi connectivity index (χ0n) is 9.47. The van der Waals surface area contributed by atoms with Gasteiger partial charge in [0.05, 0.1) is 20.9 Å². The highest BCUT2D eigenvalue weighted by atomic mass is 79.9. The number of nitrogens with two attached hydrogens (primary N) is 1. The van der Waals surface area contributed by atoms with E-state index in [0.717, 1.165) is 0 Å². The number of nitrogens with one attached hydrogen (secondary N) is 1. The average molecular weight is 363 g/mol. The van der Waals surface area contributed by atoms with Gasteiger partial charge in [0, 0.05) is 12.4 Å². The third-order valence-corrected chi connectivity index (χ3v) is 4.82. The maximum Gasteiger partial charge on any atom is 0.265 e. The van der Waals surface area contributed by atoms with Gasteiger partial charge in [0.25, 0.3) is 10.0 Å². The van der Waals surface area contributed by atoms with Crippen LogP contribution in [-0.4, -0.2) is 13.4 Å². The Morgan fingerprint density at radius 2 is 2.05 bits per heavy atom. The molecule has 0 atom stereocenters. The minimum Gasteiger partial charge on any atom is -0.398 e. The van der Waals surface area contributed by atoms with Gasteiger partial charge in [-0.15, -0.1) is 0 Å². The summed E-state index contributed by atoms with van der Waals surface area (Å²) in [6.45, 7) is 0. The lowest BCUT2D eigenvalue weighted by Crippen LogP contribution is -2.15. The molecule has 2 aromatic rings. The van der Waals surface area contributed by atoms with Crippen LogP contribution < -0.4 is 10.5 Å². The van der Waals surface area contributed by atoms with Crippen molar-refractivity contribution in [3.63, 3.8) is 0 Å². The summed E-state index contributed by atoms with van der Waals surface area (Å²) in [7, 11) is -3.86. The van der Waals surface area contributed by atoms with Crippen molar-refractivity contribution in [2.45, 2.75) is 4.90 Å². The molecule has 0 aliphatic rings. The van der Waals surface area contributed by atoms with Gasteiger partial charge in [0.15, 0.2) is 0 Å². The number of sulfonamides is 1. The summed E-state index contributed by atoms with van der Waals surface area (Å²) in [6, 6.07) is 6.05. The van der Waals surface area contributed by atoms with Gasteiger partial charge in [-0.3, -0.25) is 9.71 Å². The van der Waals surface area contributed by atoms with Gasteiger partial charge in [0.1, 0.15) is 4.90 Å². The second-order valence-corrected chi connectivity index (χ2v) is 6.50. The Hall–Kier alpha value is -1.31. The molecule has 0 unspecified atom stereocenters. The minimum atomic E-state index is -3.86. The molecule has 100 valence electrons. The molecule has 0 fully saturated rings. The molecule has 5 nitrogen and oxygen atoms in total. The number of nitrogens with zero attached hydrogens (tertiary/aromatic N) is 1. The van der Waals surface area contributed by atoms with Crippen LogP contribution in [0.3, 0.4) is 0 Å². The van der Waals surface area contributed by atoms with E-state index in [-0.39, 0.29) is 15.6 Å². The molecule has 0 aliphatic heterocycles. The molecule has 0 bridgehead atoms.